The second kappa shape index (κ2) is 12.3. The maximum absolute atomic E-state index is 15.2. The molecule has 1 aromatic carbocycles. The van der Waals surface area contributed by atoms with Crippen LogP contribution in [0.25, 0.3) is 0 Å². The number of allylic oxidation sites excluding steroid dienone is 4. The lowest BCUT2D eigenvalue weighted by Crippen LogP contribution is -2.67. The predicted molar refractivity (Wildman–Crippen MR) is 210 cm³/mol. The van der Waals surface area contributed by atoms with Gasteiger partial charge in [0.05, 0.1) is 28.5 Å². The Bertz CT molecular complexity index is 2160. The molecule has 2 heterocycles. The van der Waals surface area contributed by atoms with Crippen LogP contribution in [0.2, 0.25) is 0 Å². The number of hydrogen-bond acceptors (Lipinski definition) is 8. The van der Waals surface area contributed by atoms with E-state index in [9.17, 15) is 33.0 Å². The lowest BCUT2D eigenvalue weighted by molar-refractivity contribution is -0.274. The van der Waals surface area contributed by atoms with Crippen molar-refractivity contribution < 1.29 is 47.2 Å². The van der Waals surface area contributed by atoms with E-state index in [0.29, 0.717) is 55.4 Å². The smallest absolute Gasteiger partial charge is 0.448 e. The predicted octanol–water partition coefficient (Wildman–Crippen LogP) is 8.88. The summed E-state index contributed by atoms with van der Waals surface area (Å²) < 4.78 is 49.3. The van der Waals surface area contributed by atoms with Crippen LogP contribution in [0.4, 0.5) is 13.2 Å². The Hall–Kier alpha value is -3.48. The van der Waals surface area contributed by atoms with Gasteiger partial charge >= 0.3 is 12.3 Å². The fraction of sp³-hybridized carbons (Fsp3) is 0.630. The third-order valence-electron chi connectivity index (χ3n) is 17.6. The molecule has 2 N–H and O–H groups in total. The summed E-state index contributed by atoms with van der Waals surface area (Å²) >= 11 is 1.48. The molecule has 7 aliphatic carbocycles. The Labute approximate surface area is 341 Å². The number of amides is 1. The van der Waals surface area contributed by atoms with Crippen LogP contribution < -0.4 is 4.74 Å². The number of carbonyl (C=O) groups excluding carboxylic acids is 3. The molecule has 4 bridgehead atoms. The highest BCUT2D eigenvalue weighted by Crippen LogP contribution is 2.78. The molecule has 1 saturated heterocycles. The van der Waals surface area contributed by atoms with E-state index >= 15 is 4.79 Å². The first-order valence-corrected chi connectivity index (χ1v) is 21.6. The number of aliphatic hydroxyl groups is 2. The molecule has 10 atom stereocenters. The van der Waals surface area contributed by atoms with Gasteiger partial charge in [0.25, 0.3) is 5.91 Å². The standard InChI is InChI=1S/C46H54F3NO7S/c1-27-7-12-32(58-27)35(52)31-24-42-20-21-44(31)33(39(42,4)16-13-29(51)23-42)14-17-40(5)34(44)15-18-43(40,55)26-50(25-28-8-10-30(11-9-28)56-46(47,48)49)36(53)45-22-19-41(6,37(54)57-45)38(45,2)3/h7-12,20-21,24,29,33-34,51,55H,13-19,22-23,25-26H2,1-6H3. The molecular weight excluding hydrogens is 768 g/mol. The third kappa shape index (κ3) is 5.03. The molecule has 1 aliphatic heterocycles. The molecule has 2 spiro atoms. The highest BCUT2D eigenvalue weighted by molar-refractivity contribution is 7.14. The monoisotopic (exact) mass is 821 g/mol. The van der Waals surface area contributed by atoms with Crippen LogP contribution in [-0.2, 0) is 20.9 Å². The number of hydrogen-bond donors (Lipinski definition) is 2. The van der Waals surface area contributed by atoms with Gasteiger partial charge in [0.15, 0.2) is 11.4 Å². The lowest BCUT2D eigenvalue weighted by atomic mass is 9.32. The molecule has 5 fully saturated rings. The molecule has 1 aromatic heterocycles. The molecule has 0 radical (unpaired) electrons. The minimum absolute atomic E-state index is 0.00274. The number of alkyl halides is 3. The molecule has 4 saturated carbocycles. The molecule has 1 amide bonds. The Kier molecular flexibility index (Phi) is 8.48. The number of halogens is 3. The van der Waals surface area contributed by atoms with Gasteiger partial charge in [-0.25, -0.2) is 0 Å². The highest BCUT2D eigenvalue weighted by atomic mass is 32.1. The van der Waals surface area contributed by atoms with Crippen LogP contribution >= 0.6 is 11.3 Å². The van der Waals surface area contributed by atoms with E-state index in [0.717, 1.165) is 23.3 Å². The highest BCUT2D eigenvalue weighted by Gasteiger charge is 2.78. The maximum atomic E-state index is 15.2. The average molecular weight is 822 g/mol. The van der Waals surface area contributed by atoms with Gasteiger partial charge in [0.2, 0.25) is 0 Å². The zero-order valence-electron chi connectivity index (χ0n) is 34.1. The zero-order valence-corrected chi connectivity index (χ0v) is 34.9. The van der Waals surface area contributed by atoms with E-state index in [1.165, 1.54) is 35.6 Å². The average Bonchev–Trinajstić information content (AvgIpc) is 3.81. The Morgan fingerprint density at radius 2 is 1.59 bits per heavy atom. The van der Waals surface area contributed by atoms with Crippen molar-refractivity contribution in [1.82, 2.24) is 4.90 Å². The molecule has 2 aromatic rings. The number of ketones is 1. The van der Waals surface area contributed by atoms with Crippen LogP contribution in [0.3, 0.4) is 0 Å². The summed E-state index contributed by atoms with van der Waals surface area (Å²) in [5.41, 5.74) is -5.53. The number of esters is 1. The molecule has 8 aliphatic rings. The Balaban J connectivity index is 1.12. The second-order valence-corrected chi connectivity index (χ2v) is 21.4. The molecule has 58 heavy (non-hydrogen) atoms. The zero-order chi connectivity index (χ0) is 41.7. The summed E-state index contributed by atoms with van der Waals surface area (Å²) in [5, 5.41) is 24.4. The quantitative estimate of drug-likeness (QED) is 0.155. The van der Waals surface area contributed by atoms with Crippen molar-refractivity contribution in [3.63, 3.8) is 0 Å². The van der Waals surface area contributed by atoms with E-state index in [2.05, 4.69) is 36.8 Å². The van der Waals surface area contributed by atoms with Gasteiger partial charge in [-0.2, -0.15) is 0 Å². The van der Waals surface area contributed by atoms with Crippen LogP contribution in [-0.4, -0.2) is 63.0 Å². The Morgan fingerprint density at radius 3 is 2.21 bits per heavy atom. The number of Topliss-reactive ketones (excluding diaryl/α,β-unsaturated/α-hetero) is 1. The number of carbonyl (C=O) groups is 3. The van der Waals surface area contributed by atoms with E-state index in [1.54, 1.807) is 4.90 Å². The normalized spacial score (nSPS) is 41.7. The first-order chi connectivity index (χ1) is 27.0. The number of nitrogens with zero attached hydrogens (tertiary/aromatic N) is 1. The first kappa shape index (κ1) is 40.0. The van der Waals surface area contributed by atoms with Crippen molar-refractivity contribution in [1.29, 1.82) is 0 Å². The lowest BCUT2D eigenvalue weighted by Gasteiger charge is -2.71. The summed E-state index contributed by atoms with van der Waals surface area (Å²) in [6.07, 6.45) is 6.58. The third-order valence-corrected chi connectivity index (χ3v) is 18.6. The van der Waals surface area contributed by atoms with Crippen molar-refractivity contribution in [3.8, 4) is 5.75 Å². The van der Waals surface area contributed by atoms with Gasteiger partial charge in [0.1, 0.15) is 5.75 Å². The minimum Gasteiger partial charge on any atom is -0.448 e. The topological polar surface area (TPSA) is 113 Å². The summed E-state index contributed by atoms with van der Waals surface area (Å²) in [7, 11) is 0. The van der Waals surface area contributed by atoms with E-state index in [-0.39, 0.29) is 41.9 Å². The summed E-state index contributed by atoms with van der Waals surface area (Å²) in [6, 6.07) is 9.25. The van der Waals surface area contributed by atoms with Crippen molar-refractivity contribution >= 4 is 29.0 Å². The minimum atomic E-state index is -4.86. The van der Waals surface area contributed by atoms with E-state index < -0.39 is 62.6 Å². The van der Waals surface area contributed by atoms with Crippen molar-refractivity contribution in [2.24, 2.45) is 44.3 Å². The van der Waals surface area contributed by atoms with Gasteiger partial charge in [0, 0.05) is 38.7 Å². The van der Waals surface area contributed by atoms with Crippen LogP contribution in [0.15, 0.2) is 60.2 Å². The second-order valence-electron chi connectivity index (χ2n) is 20.1. The summed E-state index contributed by atoms with van der Waals surface area (Å²) in [6.45, 7) is 11.9. The first-order valence-electron chi connectivity index (χ1n) is 20.8. The Morgan fingerprint density at radius 1 is 0.914 bits per heavy atom. The SMILES string of the molecule is Cc1ccc(C(=O)C2=CC34C=CC25C(CCC2(C)C5CCC2(O)CN(Cc2ccc(OC(F)(F)F)cc2)C(=O)C25CCC(C)(C(=O)O2)C5(C)C)C3(C)CCC(O)C4)s1. The summed E-state index contributed by atoms with van der Waals surface area (Å²) in [5.74, 6) is -1.32. The molecule has 312 valence electrons. The van der Waals surface area contributed by atoms with Gasteiger partial charge in [-0.3, -0.25) is 14.4 Å². The molecule has 12 heteroatoms. The van der Waals surface area contributed by atoms with Crippen LogP contribution in [0.5, 0.6) is 5.75 Å². The number of aliphatic hydroxyl groups excluding tert-OH is 1. The van der Waals surface area contributed by atoms with Gasteiger partial charge in [-0.05, 0) is 119 Å². The fourth-order valence-electron chi connectivity index (χ4n) is 13.8. The van der Waals surface area contributed by atoms with Crippen LogP contribution in [0, 0.1) is 51.2 Å². The largest absolute Gasteiger partial charge is 0.573 e. The molecular formula is C46H54F3NO7S. The van der Waals surface area contributed by atoms with Crippen molar-refractivity contribution in [2.45, 2.75) is 130 Å². The number of thiophene rings is 1. The summed E-state index contributed by atoms with van der Waals surface area (Å²) in [4.78, 5) is 46.8. The van der Waals surface area contributed by atoms with Crippen LogP contribution in [0.1, 0.15) is 113 Å². The number of ether oxygens (including phenoxy) is 2. The van der Waals surface area contributed by atoms with Crippen molar-refractivity contribution in [3.05, 3.63) is 75.5 Å². The van der Waals surface area contributed by atoms with Gasteiger partial charge in [-0.1, -0.05) is 58.1 Å². The number of aryl methyl sites for hydroxylation is 1. The number of fused-ring (bicyclic) bond motifs is 3. The number of benzene rings is 1. The van der Waals surface area contributed by atoms with E-state index in [1.807, 2.05) is 39.8 Å². The van der Waals surface area contributed by atoms with Gasteiger partial charge < -0.3 is 24.6 Å². The van der Waals surface area contributed by atoms with E-state index in [4.69, 9.17) is 4.74 Å². The maximum Gasteiger partial charge on any atom is 0.573 e. The number of rotatable bonds is 8. The molecule has 8 nitrogen and oxygen atoms in total. The van der Waals surface area contributed by atoms with Gasteiger partial charge in [-0.15, -0.1) is 24.5 Å². The fourth-order valence-corrected chi connectivity index (χ4v) is 14.6. The van der Waals surface area contributed by atoms with Crippen molar-refractivity contribution in [2.75, 3.05) is 6.54 Å². The molecule has 10 rings (SSSR count). The molecule has 10 unspecified atom stereocenters.